The molecule has 0 amide bonds. The third-order valence-corrected chi connectivity index (χ3v) is 3.07. The molecule has 2 heteroatoms. The third-order valence-electron chi connectivity index (χ3n) is 3.07. The van der Waals surface area contributed by atoms with Gasteiger partial charge in [-0.1, -0.05) is 38.5 Å². The SMILES string of the molecule is CC[C@@H](C)[C@@H](C)Nc1ccccc1CO. The first kappa shape index (κ1) is 12.1. The Morgan fingerprint density at radius 1 is 1.27 bits per heavy atom. The molecule has 0 radical (unpaired) electrons. The number of nitrogens with one attached hydrogen (secondary N) is 1. The standard InChI is InChI=1S/C13H21NO/c1-4-10(2)11(3)14-13-8-6-5-7-12(13)9-15/h5-8,10-11,14-15H,4,9H2,1-3H3/t10-,11-/m1/s1. The number of para-hydroxylation sites is 1. The van der Waals surface area contributed by atoms with Crippen LogP contribution in [0.2, 0.25) is 0 Å². The van der Waals surface area contributed by atoms with Gasteiger partial charge in [0.1, 0.15) is 0 Å². The van der Waals surface area contributed by atoms with Gasteiger partial charge in [-0.3, -0.25) is 0 Å². The van der Waals surface area contributed by atoms with E-state index >= 15 is 0 Å². The lowest BCUT2D eigenvalue weighted by molar-refractivity contribution is 0.282. The van der Waals surface area contributed by atoms with E-state index in [1.807, 2.05) is 24.3 Å². The van der Waals surface area contributed by atoms with E-state index in [1.54, 1.807) is 0 Å². The van der Waals surface area contributed by atoms with Gasteiger partial charge in [0.25, 0.3) is 0 Å². The van der Waals surface area contributed by atoms with Crippen molar-refractivity contribution in [2.24, 2.45) is 5.92 Å². The highest BCUT2D eigenvalue weighted by molar-refractivity contribution is 5.51. The summed E-state index contributed by atoms with van der Waals surface area (Å²) < 4.78 is 0. The summed E-state index contributed by atoms with van der Waals surface area (Å²) >= 11 is 0. The van der Waals surface area contributed by atoms with Crippen molar-refractivity contribution in [2.45, 2.75) is 39.8 Å². The van der Waals surface area contributed by atoms with Crippen molar-refractivity contribution >= 4 is 5.69 Å². The van der Waals surface area contributed by atoms with Gasteiger partial charge in [-0.05, 0) is 18.9 Å². The van der Waals surface area contributed by atoms with Crippen molar-refractivity contribution in [3.8, 4) is 0 Å². The molecular weight excluding hydrogens is 186 g/mol. The number of benzene rings is 1. The quantitative estimate of drug-likeness (QED) is 0.778. The Kier molecular flexibility index (Phi) is 4.63. The van der Waals surface area contributed by atoms with Crippen molar-refractivity contribution in [2.75, 3.05) is 5.32 Å². The van der Waals surface area contributed by atoms with Crippen LogP contribution < -0.4 is 5.32 Å². The first-order chi connectivity index (χ1) is 7.19. The Balaban J connectivity index is 2.71. The maximum absolute atomic E-state index is 9.19. The van der Waals surface area contributed by atoms with Crippen LogP contribution in [0.1, 0.15) is 32.8 Å². The first-order valence-electron chi connectivity index (χ1n) is 5.64. The zero-order chi connectivity index (χ0) is 11.3. The van der Waals surface area contributed by atoms with Gasteiger partial charge in [0.15, 0.2) is 0 Å². The van der Waals surface area contributed by atoms with Crippen LogP contribution in [0.4, 0.5) is 5.69 Å². The summed E-state index contributed by atoms with van der Waals surface area (Å²) in [7, 11) is 0. The van der Waals surface area contributed by atoms with E-state index in [1.165, 1.54) is 0 Å². The summed E-state index contributed by atoms with van der Waals surface area (Å²) in [5.41, 5.74) is 2.01. The molecule has 0 unspecified atom stereocenters. The van der Waals surface area contributed by atoms with E-state index < -0.39 is 0 Å². The Morgan fingerprint density at radius 3 is 2.53 bits per heavy atom. The van der Waals surface area contributed by atoms with E-state index in [9.17, 15) is 5.11 Å². The van der Waals surface area contributed by atoms with Crippen LogP contribution in [0.15, 0.2) is 24.3 Å². The van der Waals surface area contributed by atoms with Crippen LogP contribution >= 0.6 is 0 Å². The van der Waals surface area contributed by atoms with Crippen molar-refractivity contribution in [3.05, 3.63) is 29.8 Å². The number of anilines is 1. The van der Waals surface area contributed by atoms with Crippen LogP contribution in [0.3, 0.4) is 0 Å². The fourth-order valence-corrected chi connectivity index (χ4v) is 1.54. The maximum Gasteiger partial charge on any atom is 0.0701 e. The Labute approximate surface area is 92.3 Å². The second-order valence-electron chi connectivity index (χ2n) is 4.13. The highest BCUT2D eigenvalue weighted by atomic mass is 16.3. The van der Waals surface area contributed by atoms with Gasteiger partial charge in [-0.15, -0.1) is 0 Å². The molecule has 0 bridgehead atoms. The van der Waals surface area contributed by atoms with Gasteiger partial charge >= 0.3 is 0 Å². The van der Waals surface area contributed by atoms with Crippen LogP contribution in [0.25, 0.3) is 0 Å². The van der Waals surface area contributed by atoms with Gasteiger partial charge in [-0.2, -0.15) is 0 Å². The van der Waals surface area contributed by atoms with Crippen molar-refractivity contribution < 1.29 is 5.11 Å². The lowest BCUT2D eigenvalue weighted by atomic mass is 10.00. The molecule has 0 heterocycles. The van der Waals surface area contributed by atoms with E-state index in [-0.39, 0.29) is 6.61 Å². The summed E-state index contributed by atoms with van der Waals surface area (Å²) in [5.74, 6) is 0.636. The van der Waals surface area contributed by atoms with Crippen LogP contribution in [0, 0.1) is 5.92 Å². The molecule has 0 fully saturated rings. The molecule has 0 aliphatic heterocycles. The average Bonchev–Trinajstić information content (AvgIpc) is 2.28. The predicted molar refractivity (Wildman–Crippen MR) is 64.9 cm³/mol. The van der Waals surface area contributed by atoms with Crippen LogP contribution in [0.5, 0.6) is 0 Å². The largest absolute Gasteiger partial charge is 0.392 e. The summed E-state index contributed by atoms with van der Waals surface area (Å²) in [4.78, 5) is 0. The summed E-state index contributed by atoms with van der Waals surface area (Å²) in [5, 5.41) is 12.6. The maximum atomic E-state index is 9.19. The number of aliphatic hydroxyl groups excluding tert-OH is 1. The molecule has 84 valence electrons. The Hall–Kier alpha value is -1.02. The molecule has 2 nitrogen and oxygen atoms in total. The minimum atomic E-state index is 0.0937. The zero-order valence-corrected chi connectivity index (χ0v) is 9.83. The highest BCUT2D eigenvalue weighted by Gasteiger charge is 2.10. The van der Waals surface area contributed by atoms with Crippen LogP contribution in [-0.2, 0) is 6.61 Å². The normalized spacial score (nSPS) is 14.7. The van der Waals surface area contributed by atoms with Crippen LogP contribution in [-0.4, -0.2) is 11.1 Å². The fraction of sp³-hybridized carbons (Fsp3) is 0.538. The van der Waals surface area contributed by atoms with E-state index in [2.05, 4.69) is 26.1 Å². The molecule has 0 saturated heterocycles. The molecule has 1 rings (SSSR count). The smallest absolute Gasteiger partial charge is 0.0701 e. The lowest BCUT2D eigenvalue weighted by Crippen LogP contribution is -2.23. The number of rotatable bonds is 5. The van der Waals surface area contributed by atoms with Crippen molar-refractivity contribution in [3.63, 3.8) is 0 Å². The average molecular weight is 207 g/mol. The minimum absolute atomic E-state index is 0.0937. The van der Waals surface area contributed by atoms with Crippen molar-refractivity contribution in [1.82, 2.24) is 0 Å². The first-order valence-corrected chi connectivity index (χ1v) is 5.64. The summed E-state index contributed by atoms with van der Waals surface area (Å²) in [6.45, 7) is 6.71. The lowest BCUT2D eigenvalue weighted by Gasteiger charge is -2.22. The molecule has 0 aliphatic rings. The molecule has 1 aromatic carbocycles. The molecule has 0 spiro atoms. The monoisotopic (exact) mass is 207 g/mol. The highest BCUT2D eigenvalue weighted by Crippen LogP contribution is 2.19. The molecular formula is C13H21NO. The second kappa shape index (κ2) is 5.76. The topological polar surface area (TPSA) is 32.3 Å². The van der Waals surface area contributed by atoms with E-state index in [0.29, 0.717) is 12.0 Å². The van der Waals surface area contributed by atoms with E-state index in [0.717, 1.165) is 17.7 Å². The molecule has 0 aromatic heterocycles. The Bertz CT molecular complexity index is 298. The number of aliphatic hydroxyl groups is 1. The van der Waals surface area contributed by atoms with Gasteiger partial charge in [-0.25, -0.2) is 0 Å². The van der Waals surface area contributed by atoms with E-state index in [4.69, 9.17) is 0 Å². The van der Waals surface area contributed by atoms with Gasteiger partial charge in [0.2, 0.25) is 0 Å². The Morgan fingerprint density at radius 2 is 1.93 bits per heavy atom. The number of hydrogen-bond acceptors (Lipinski definition) is 2. The summed E-state index contributed by atoms with van der Waals surface area (Å²) in [6, 6.07) is 8.34. The zero-order valence-electron chi connectivity index (χ0n) is 9.83. The fourth-order valence-electron chi connectivity index (χ4n) is 1.54. The van der Waals surface area contributed by atoms with Gasteiger partial charge in [0, 0.05) is 17.3 Å². The van der Waals surface area contributed by atoms with Gasteiger partial charge in [0.05, 0.1) is 6.61 Å². The molecule has 2 atom stereocenters. The van der Waals surface area contributed by atoms with Gasteiger partial charge < -0.3 is 10.4 Å². The number of hydrogen-bond donors (Lipinski definition) is 2. The molecule has 0 aliphatic carbocycles. The molecule has 2 N–H and O–H groups in total. The van der Waals surface area contributed by atoms with Crippen molar-refractivity contribution in [1.29, 1.82) is 0 Å². The third kappa shape index (κ3) is 3.24. The second-order valence-corrected chi connectivity index (χ2v) is 4.13. The molecule has 1 aromatic rings. The minimum Gasteiger partial charge on any atom is -0.392 e. The molecule has 15 heavy (non-hydrogen) atoms. The molecule has 0 saturated carbocycles. The summed E-state index contributed by atoms with van der Waals surface area (Å²) in [6.07, 6.45) is 1.16. The predicted octanol–water partition coefficient (Wildman–Crippen LogP) is 3.03.